The van der Waals surface area contributed by atoms with Crippen LogP contribution in [-0.4, -0.2) is 24.8 Å². The van der Waals surface area contributed by atoms with Crippen LogP contribution in [0.3, 0.4) is 0 Å². The van der Waals surface area contributed by atoms with Gasteiger partial charge in [-0.1, -0.05) is 24.6 Å². The second kappa shape index (κ2) is 5.06. The summed E-state index contributed by atoms with van der Waals surface area (Å²) in [6.45, 7) is 4.01. The fourth-order valence-corrected chi connectivity index (χ4v) is 4.15. The molecule has 0 saturated heterocycles. The topological polar surface area (TPSA) is 78.8 Å². The molecule has 3 saturated carbocycles. The summed E-state index contributed by atoms with van der Waals surface area (Å²) in [6, 6.07) is 6.66. The molecule has 6 heteroatoms. The van der Waals surface area contributed by atoms with Gasteiger partial charge in [-0.3, -0.25) is 0 Å². The molecule has 0 aromatic heterocycles. The molecule has 0 unspecified atom stereocenters. The molecule has 120 valence electrons. The maximum atomic E-state index is 12.3. The van der Waals surface area contributed by atoms with Crippen LogP contribution in [0.25, 0.3) is 0 Å². The van der Waals surface area contributed by atoms with E-state index in [4.69, 9.17) is 0 Å². The highest BCUT2D eigenvalue weighted by molar-refractivity contribution is 7.89. The van der Waals surface area contributed by atoms with Crippen molar-refractivity contribution in [1.29, 1.82) is 0 Å². The van der Waals surface area contributed by atoms with Gasteiger partial charge in [0.2, 0.25) is 0 Å². The van der Waals surface area contributed by atoms with Crippen LogP contribution in [0.15, 0.2) is 34.3 Å². The standard InChI is InChI=1S/C16H22N2O3S/c1-12-3-5-13(6-4-12)22(20,21)18-17-14-11-16(19)9-7-15(14,2)8-10-16/h3-6,18-19H,7-11H2,1-2H3. The molecule has 22 heavy (non-hydrogen) atoms. The maximum absolute atomic E-state index is 12.3. The highest BCUT2D eigenvalue weighted by Gasteiger charge is 2.49. The first kappa shape index (κ1) is 15.5. The minimum atomic E-state index is -3.66. The average Bonchev–Trinajstić information content (AvgIpc) is 2.47. The molecule has 3 aliphatic carbocycles. The van der Waals surface area contributed by atoms with Crippen molar-refractivity contribution in [2.75, 3.05) is 0 Å². The van der Waals surface area contributed by atoms with Crippen LogP contribution in [0.1, 0.15) is 44.6 Å². The minimum Gasteiger partial charge on any atom is -0.389 e. The lowest BCUT2D eigenvalue weighted by atomic mass is 9.58. The molecule has 0 heterocycles. The number of aliphatic hydroxyl groups is 1. The van der Waals surface area contributed by atoms with E-state index in [2.05, 4.69) is 16.9 Å². The first-order chi connectivity index (χ1) is 10.2. The smallest absolute Gasteiger partial charge is 0.276 e. The predicted molar refractivity (Wildman–Crippen MR) is 85.1 cm³/mol. The number of hydrazone groups is 1. The molecule has 3 aliphatic rings. The molecular weight excluding hydrogens is 300 g/mol. The average molecular weight is 322 g/mol. The van der Waals surface area contributed by atoms with Gasteiger partial charge in [0.05, 0.1) is 10.5 Å². The van der Waals surface area contributed by atoms with Crippen molar-refractivity contribution in [2.24, 2.45) is 10.5 Å². The zero-order chi connectivity index (χ0) is 16.0. The Morgan fingerprint density at radius 1 is 1.14 bits per heavy atom. The molecule has 0 atom stereocenters. The van der Waals surface area contributed by atoms with Gasteiger partial charge < -0.3 is 5.11 Å². The normalized spacial score (nSPS) is 33.1. The Balaban J connectivity index is 1.83. The van der Waals surface area contributed by atoms with Crippen LogP contribution < -0.4 is 4.83 Å². The zero-order valence-corrected chi connectivity index (χ0v) is 13.8. The van der Waals surface area contributed by atoms with E-state index < -0.39 is 15.6 Å². The van der Waals surface area contributed by atoms with Gasteiger partial charge in [-0.2, -0.15) is 13.5 Å². The van der Waals surface area contributed by atoms with Gasteiger partial charge in [0.15, 0.2) is 0 Å². The van der Waals surface area contributed by atoms with Crippen molar-refractivity contribution in [3.8, 4) is 0 Å². The third kappa shape index (κ3) is 2.77. The van der Waals surface area contributed by atoms with Crippen molar-refractivity contribution in [3.63, 3.8) is 0 Å². The minimum absolute atomic E-state index is 0.0969. The van der Waals surface area contributed by atoms with Crippen LogP contribution in [-0.2, 0) is 10.0 Å². The molecule has 2 bridgehead atoms. The Bertz CT molecular complexity index is 699. The van der Waals surface area contributed by atoms with Gasteiger partial charge in [-0.25, -0.2) is 4.83 Å². The van der Waals surface area contributed by atoms with E-state index in [0.29, 0.717) is 6.42 Å². The molecule has 0 amide bonds. The van der Waals surface area contributed by atoms with E-state index >= 15 is 0 Å². The lowest BCUT2D eigenvalue weighted by molar-refractivity contribution is -0.0310. The molecule has 1 aromatic rings. The number of hydrogen-bond acceptors (Lipinski definition) is 4. The lowest BCUT2D eigenvalue weighted by Gasteiger charge is -2.49. The number of nitrogens with zero attached hydrogens (tertiary/aromatic N) is 1. The first-order valence-electron chi connectivity index (χ1n) is 7.61. The SMILES string of the molecule is Cc1ccc(S(=O)(=O)NN=C2CC3(O)CCC2(C)CC3)cc1. The largest absolute Gasteiger partial charge is 0.389 e. The second-order valence-electron chi connectivity index (χ2n) is 6.93. The zero-order valence-electron chi connectivity index (χ0n) is 13.0. The number of aryl methyl sites for hydroxylation is 1. The van der Waals surface area contributed by atoms with Gasteiger partial charge in [0.25, 0.3) is 10.0 Å². The van der Waals surface area contributed by atoms with Crippen molar-refractivity contribution in [2.45, 2.75) is 56.4 Å². The van der Waals surface area contributed by atoms with Crippen LogP contribution in [0, 0.1) is 12.3 Å². The van der Waals surface area contributed by atoms with E-state index in [0.717, 1.165) is 37.0 Å². The van der Waals surface area contributed by atoms with Gasteiger partial charge in [-0.05, 0) is 44.7 Å². The molecule has 0 radical (unpaired) electrons. The molecule has 1 aromatic carbocycles. The van der Waals surface area contributed by atoms with Gasteiger partial charge in [0, 0.05) is 17.5 Å². The molecule has 3 fully saturated rings. The number of sulfonamides is 1. The fraction of sp³-hybridized carbons (Fsp3) is 0.562. The molecular formula is C16H22N2O3S. The highest BCUT2D eigenvalue weighted by Crippen LogP contribution is 2.50. The summed E-state index contributed by atoms with van der Waals surface area (Å²) in [6.07, 6.45) is 3.71. The number of fused-ring (bicyclic) bond motifs is 3. The van der Waals surface area contributed by atoms with Crippen molar-refractivity contribution >= 4 is 15.7 Å². The van der Waals surface area contributed by atoms with E-state index in [1.165, 1.54) is 0 Å². The van der Waals surface area contributed by atoms with E-state index in [9.17, 15) is 13.5 Å². The second-order valence-corrected chi connectivity index (χ2v) is 8.59. The Morgan fingerprint density at radius 2 is 1.73 bits per heavy atom. The predicted octanol–water partition coefficient (Wildman–Crippen LogP) is 2.34. The quantitative estimate of drug-likeness (QED) is 0.838. The first-order valence-corrected chi connectivity index (χ1v) is 9.09. The van der Waals surface area contributed by atoms with E-state index in [1.54, 1.807) is 24.3 Å². The van der Waals surface area contributed by atoms with Gasteiger partial charge >= 0.3 is 0 Å². The summed E-state index contributed by atoms with van der Waals surface area (Å²) in [5.74, 6) is 0. The third-order valence-electron chi connectivity index (χ3n) is 5.11. The van der Waals surface area contributed by atoms with Gasteiger partial charge in [-0.15, -0.1) is 0 Å². The molecule has 5 nitrogen and oxygen atoms in total. The summed E-state index contributed by atoms with van der Waals surface area (Å²) in [5, 5.41) is 14.6. The lowest BCUT2D eigenvalue weighted by Crippen LogP contribution is -2.51. The number of benzene rings is 1. The van der Waals surface area contributed by atoms with Crippen molar-refractivity contribution in [3.05, 3.63) is 29.8 Å². The third-order valence-corrected chi connectivity index (χ3v) is 6.33. The van der Waals surface area contributed by atoms with E-state index in [-0.39, 0.29) is 10.3 Å². The molecule has 4 rings (SSSR count). The summed E-state index contributed by atoms with van der Waals surface area (Å²) < 4.78 is 24.6. The van der Waals surface area contributed by atoms with Gasteiger partial charge in [0.1, 0.15) is 0 Å². The number of nitrogens with one attached hydrogen (secondary N) is 1. The highest BCUT2D eigenvalue weighted by atomic mass is 32.2. The number of rotatable bonds is 3. The van der Waals surface area contributed by atoms with Crippen LogP contribution >= 0.6 is 0 Å². The van der Waals surface area contributed by atoms with E-state index in [1.807, 2.05) is 6.92 Å². The van der Waals surface area contributed by atoms with Crippen molar-refractivity contribution < 1.29 is 13.5 Å². The number of hydrogen-bond donors (Lipinski definition) is 2. The summed E-state index contributed by atoms with van der Waals surface area (Å²) in [5.41, 5.74) is 0.972. The summed E-state index contributed by atoms with van der Waals surface area (Å²) >= 11 is 0. The monoisotopic (exact) mass is 322 g/mol. The molecule has 0 spiro atoms. The Labute approximate surface area is 131 Å². The van der Waals surface area contributed by atoms with Crippen LogP contribution in [0.2, 0.25) is 0 Å². The molecule has 0 aliphatic heterocycles. The summed E-state index contributed by atoms with van der Waals surface area (Å²) in [4.78, 5) is 2.54. The van der Waals surface area contributed by atoms with Crippen LogP contribution in [0.5, 0.6) is 0 Å². The molecule has 2 N–H and O–H groups in total. The fourth-order valence-electron chi connectivity index (χ4n) is 3.32. The maximum Gasteiger partial charge on any atom is 0.276 e. The van der Waals surface area contributed by atoms with Crippen LogP contribution in [0.4, 0.5) is 0 Å². The van der Waals surface area contributed by atoms with Crippen molar-refractivity contribution in [1.82, 2.24) is 4.83 Å². The Kier molecular flexibility index (Phi) is 3.57. The Morgan fingerprint density at radius 3 is 2.32 bits per heavy atom. The summed E-state index contributed by atoms with van der Waals surface area (Å²) in [7, 11) is -3.66. The Hall–Kier alpha value is -1.40.